The zero-order valence-corrected chi connectivity index (χ0v) is 7.09. The highest BCUT2D eigenvalue weighted by Gasteiger charge is 2.11. The van der Waals surface area contributed by atoms with E-state index in [0.717, 1.165) is 0 Å². The van der Waals surface area contributed by atoms with Gasteiger partial charge in [-0.05, 0) is 0 Å². The summed E-state index contributed by atoms with van der Waals surface area (Å²) < 4.78 is 0. The molecule has 0 aliphatic heterocycles. The molecule has 0 heterocycles. The Morgan fingerprint density at radius 1 is 1.54 bits per heavy atom. The maximum absolute atomic E-state index is 10.6. The third-order valence-electron chi connectivity index (χ3n) is 1.18. The van der Waals surface area contributed by atoms with Crippen LogP contribution in [0.5, 0.6) is 0 Å². The van der Waals surface area contributed by atoms with E-state index in [1.807, 2.05) is 0 Å². The van der Waals surface area contributed by atoms with Gasteiger partial charge in [-0.15, -0.1) is 0 Å². The van der Waals surface area contributed by atoms with E-state index in [0.29, 0.717) is 5.06 Å². The van der Waals surface area contributed by atoms with Crippen molar-refractivity contribution in [3.8, 4) is 0 Å². The first kappa shape index (κ1) is 12.1. The normalized spacial score (nSPS) is 12.5. The summed E-state index contributed by atoms with van der Waals surface area (Å²) in [5.74, 6) is 0. The number of amides is 2. The number of hydroxylamine groups is 2. The summed E-state index contributed by atoms with van der Waals surface area (Å²) in [7, 11) is 0. The molecule has 0 radical (unpaired) electrons. The van der Waals surface area contributed by atoms with E-state index >= 15 is 0 Å². The molecule has 0 aromatic rings. The Labute approximate surface area is 75.3 Å². The molecule has 0 aliphatic rings. The summed E-state index contributed by atoms with van der Waals surface area (Å²) in [5.41, 5.74) is 4.86. The van der Waals surface area contributed by atoms with E-state index in [1.165, 1.54) is 0 Å². The minimum absolute atomic E-state index is 0.0759. The summed E-state index contributed by atoms with van der Waals surface area (Å²) in [5, 5.41) is 26.4. The van der Waals surface area contributed by atoms with Gasteiger partial charge in [-0.25, -0.2) is 9.86 Å². The third kappa shape index (κ3) is 5.36. The summed E-state index contributed by atoms with van der Waals surface area (Å²) in [4.78, 5) is 15.2. The topological polar surface area (TPSA) is 116 Å². The molecule has 78 valence electrons. The van der Waals surface area contributed by atoms with E-state index in [-0.39, 0.29) is 19.8 Å². The lowest BCUT2D eigenvalue weighted by molar-refractivity contribution is -0.148. The summed E-state index contributed by atoms with van der Waals surface area (Å²) in [6, 6.07) is -0.862. The van der Waals surface area contributed by atoms with Gasteiger partial charge in [-0.1, -0.05) is 0 Å². The maximum atomic E-state index is 10.6. The fourth-order valence-electron chi connectivity index (χ4n) is 0.558. The predicted octanol–water partition coefficient (Wildman–Crippen LogP) is -2.36. The minimum Gasteiger partial charge on any atom is -0.394 e. The molecule has 13 heavy (non-hydrogen) atoms. The molecule has 0 aromatic carbocycles. The second-order valence-corrected chi connectivity index (χ2v) is 2.30. The maximum Gasteiger partial charge on any atom is 0.338 e. The van der Waals surface area contributed by atoms with E-state index < -0.39 is 18.7 Å². The summed E-state index contributed by atoms with van der Waals surface area (Å²) in [6.07, 6.45) is -1.07. The van der Waals surface area contributed by atoms with Crippen molar-refractivity contribution in [3.63, 3.8) is 0 Å². The molecule has 0 spiro atoms. The number of nitrogens with two attached hydrogens (primary N) is 1. The van der Waals surface area contributed by atoms with Gasteiger partial charge in [0.1, 0.15) is 12.7 Å². The lowest BCUT2D eigenvalue weighted by atomic mass is 10.4. The highest BCUT2D eigenvalue weighted by atomic mass is 16.7. The van der Waals surface area contributed by atoms with Gasteiger partial charge in [0.25, 0.3) is 0 Å². The number of carbonyl (C=O) groups is 1. The molecule has 7 heteroatoms. The van der Waals surface area contributed by atoms with Crippen LogP contribution in [-0.4, -0.2) is 58.9 Å². The lowest BCUT2D eigenvalue weighted by Gasteiger charge is -2.19. The Morgan fingerprint density at radius 3 is 2.54 bits per heavy atom. The minimum atomic E-state index is -1.07. The zero-order valence-electron chi connectivity index (χ0n) is 7.09. The molecule has 0 fully saturated rings. The Kier molecular flexibility index (Phi) is 6.15. The quantitative estimate of drug-likeness (QED) is 0.353. The van der Waals surface area contributed by atoms with Crippen molar-refractivity contribution in [2.24, 2.45) is 5.73 Å². The van der Waals surface area contributed by atoms with Crippen LogP contribution in [0.15, 0.2) is 0 Å². The second-order valence-electron chi connectivity index (χ2n) is 2.30. The largest absolute Gasteiger partial charge is 0.394 e. The van der Waals surface area contributed by atoms with Gasteiger partial charge >= 0.3 is 6.03 Å². The van der Waals surface area contributed by atoms with Crippen molar-refractivity contribution >= 4 is 6.03 Å². The van der Waals surface area contributed by atoms with Crippen LogP contribution in [0, 0.1) is 0 Å². The molecular weight excluding hydrogens is 180 g/mol. The molecular formula is C6H14N2O5. The van der Waals surface area contributed by atoms with Crippen LogP contribution in [0.4, 0.5) is 4.79 Å². The highest BCUT2D eigenvalue weighted by molar-refractivity contribution is 5.70. The van der Waals surface area contributed by atoms with E-state index in [1.54, 1.807) is 0 Å². The van der Waals surface area contributed by atoms with Gasteiger partial charge in [0, 0.05) is 0 Å². The number of urea groups is 1. The van der Waals surface area contributed by atoms with E-state index in [9.17, 15) is 4.79 Å². The van der Waals surface area contributed by atoms with Crippen LogP contribution >= 0.6 is 0 Å². The molecule has 0 rings (SSSR count). The molecule has 1 atom stereocenters. The van der Waals surface area contributed by atoms with Crippen LogP contribution in [0.3, 0.4) is 0 Å². The van der Waals surface area contributed by atoms with Crippen molar-refractivity contribution in [1.82, 2.24) is 5.06 Å². The molecule has 0 bridgehead atoms. The van der Waals surface area contributed by atoms with Gasteiger partial charge < -0.3 is 21.1 Å². The fourth-order valence-corrected chi connectivity index (χ4v) is 0.558. The highest BCUT2D eigenvalue weighted by Crippen LogP contribution is 1.92. The molecule has 0 saturated carbocycles. The number of aliphatic hydroxyl groups is 3. The number of aliphatic hydroxyl groups excluding tert-OH is 3. The first-order chi connectivity index (χ1) is 6.11. The van der Waals surface area contributed by atoms with Gasteiger partial charge in [-0.3, -0.25) is 4.84 Å². The lowest BCUT2D eigenvalue weighted by Crippen LogP contribution is -2.40. The zero-order chi connectivity index (χ0) is 10.3. The third-order valence-corrected chi connectivity index (χ3v) is 1.18. The van der Waals surface area contributed by atoms with Gasteiger partial charge in [-0.2, -0.15) is 0 Å². The fraction of sp³-hybridized carbons (Fsp3) is 0.833. The molecule has 0 saturated heterocycles. The standard InChI is InChI=1S/C6H14N2O5/c7-6(12)8(1-2-9)13-4-5(11)3-10/h5,9-11H,1-4H2,(H2,7,12). The van der Waals surface area contributed by atoms with Crippen LogP contribution < -0.4 is 5.73 Å². The Hall–Kier alpha value is -0.890. The second kappa shape index (κ2) is 6.61. The van der Waals surface area contributed by atoms with Crippen molar-refractivity contribution in [3.05, 3.63) is 0 Å². The number of rotatable bonds is 6. The number of primary amides is 1. The molecule has 2 amide bonds. The molecule has 7 nitrogen and oxygen atoms in total. The Balaban J connectivity index is 3.75. The number of hydrogen-bond acceptors (Lipinski definition) is 5. The first-order valence-electron chi connectivity index (χ1n) is 3.71. The number of nitrogens with zero attached hydrogens (tertiary/aromatic N) is 1. The van der Waals surface area contributed by atoms with Crippen molar-refractivity contribution in [1.29, 1.82) is 0 Å². The first-order valence-corrected chi connectivity index (χ1v) is 3.71. The van der Waals surface area contributed by atoms with E-state index in [4.69, 9.17) is 21.1 Å². The van der Waals surface area contributed by atoms with E-state index in [2.05, 4.69) is 4.84 Å². The summed E-state index contributed by atoms with van der Waals surface area (Å²) in [6.45, 7) is -1.09. The van der Waals surface area contributed by atoms with Crippen molar-refractivity contribution in [2.75, 3.05) is 26.4 Å². The average Bonchev–Trinajstić information content (AvgIpc) is 2.11. The van der Waals surface area contributed by atoms with Gasteiger partial charge in [0.15, 0.2) is 0 Å². The van der Waals surface area contributed by atoms with Crippen LogP contribution in [-0.2, 0) is 4.84 Å². The Bertz CT molecular complexity index is 154. The molecule has 0 aromatic heterocycles. The van der Waals surface area contributed by atoms with Crippen molar-refractivity contribution < 1.29 is 25.0 Å². The van der Waals surface area contributed by atoms with Crippen LogP contribution in [0.1, 0.15) is 0 Å². The average molecular weight is 194 g/mol. The number of hydrogen-bond donors (Lipinski definition) is 4. The van der Waals surface area contributed by atoms with Crippen molar-refractivity contribution in [2.45, 2.75) is 6.10 Å². The summed E-state index contributed by atoms with van der Waals surface area (Å²) >= 11 is 0. The predicted molar refractivity (Wildman–Crippen MR) is 42.4 cm³/mol. The molecule has 0 aliphatic carbocycles. The molecule has 1 unspecified atom stereocenters. The van der Waals surface area contributed by atoms with Gasteiger partial charge in [0.2, 0.25) is 0 Å². The SMILES string of the molecule is NC(=O)N(CCO)OCC(O)CO. The Morgan fingerprint density at radius 2 is 2.15 bits per heavy atom. The number of carbonyl (C=O) groups excluding carboxylic acids is 1. The van der Waals surface area contributed by atoms with Gasteiger partial charge in [0.05, 0.1) is 19.8 Å². The smallest absolute Gasteiger partial charge is 0.338 e. The van der Waals surface area contributed by atoms with Crippen LogP contribution in [0.2, 0.25) is 0 Å². The van der Waals surface area contributed by atoms with Crippen LogP contribution in [0.25, 0.3) is 0 Å². The monoisotopic (exact) mass is 194 g/mol. The molecule has 5 N–H and O–H groups in total.